The Bertz CT molecular complexity index is 398. The first kappa shape index (κ1) is 16.0. The molecule has 1 aromatic rings. The highest BCUT2D eigenvalue weighted by molar-refractivity contribution is 5.52. The van der Waals surface area contributed by atoms with E-state index >= 15 is 0 Å². The smallest absolute Gasteiger partial charge is 0.180 e. The number of nitrogens with two attached hydrogens (primary N) is 1. The number of anilines is 1. The highest BCUT2D eigenvalue weighted by Crippen LogP contribution is 2.28. The molecule has 0 aliphatic rings. The molecule has 19 heavy (non-hydrogen) atoms. The zero-order valence-electron chi connectivity index (χ0n) is 12.9. The van der Waals surface area contributed by atoms with Crippen LogP contribution in [0.2, 0.25) is 0 Å². The summed E-state index contributed by atoms with van der Waals surface area (Å²) in [6.07, 6.45) is -0.386. The van der Waals surface area contributed by atoms with Gasteiger partial charge in [-0.1, -0.05) is 6.07 Å². The SMILES string of the molecule is COC(OC)C(C)(CN)N(C)c1cc(C)cc(C)c1. The Kier molecular flexibility index (Phi) is 5.35. The minimum absolute atomic E-state index is 0.386. The van der Waals surface area contributed by atoms with Crippen LogP contribution in [0.5, 0.6) is 0 Å². The first-order chi connectivity index (χ1) is 8.88. The first-order valence-electron chi connectivity index (χ1n) is 6.46. The maximum atomic E-state index is 5.97. The Morgan fingerprint density at radius 1 is 1.16 bits per heavy atom. The molecule has 4 heteroatoms. The third kappa shape index (κ3) is 3.26. The zero-order valence-corrected chi connectivity index (χ0v) is 12.9. The summed E-state index contributed by atoms with van der Waals surface area (Å²) in [6, 6.07) is 6.44. The number of benzene rings is 1. The number of nitrogens with zero attached hydrogens (tertiary/aromatic N) is 1. The molecule has 0 aliphatic heterocycles. The Morgan fingerprint density at radius 3 is 2.00 bits per heavy atom. The fourth-order valence-corrected chi connectivity index (χ4v) is 2.43. The van der Waals surface area contributed by atoms with Gasteiger partial charge in [0.2, 0.25) is 0 Å². The number of aryl methyl sites for hydroxylation is 2. The normalized spacial score (nSPS) is 14.5. The number of hydrogen-bond acceptors (Lipinski definition) is 4. The van der Waals surface area contributed by atoms with Crippen molar-refractivity contribution in [2.45, 2.75) is 32.6 Å². The molecule has 1 unspecified atom stereocenters. The van der Waals surface area contributed by atoms with Gasteiger partial charge in [-0.25, -0.2) is 0 Å². The quantitative estimate of drug-likeness (QED) is 0.801. The monoisotopic (exact) mass is 266 g/mol. The molecule has 4 nitrogen and oxygen atoms in total. The Balaban J connectivity index is 3.16. The van der Waals surface area contributed by atoms with Gasteiger partial charge in [0, 0.05) is 33.5 Å². The molecule has 1 rings (SSSR count). The van der Waals surface area contributed by atoms with Crippen LogP contribution in [0.15, 0.2) is 18.2 Å². The lowest BCUT2D eigenvalue weighted by Gasteiger charge is -2.43. The van der Waals surface area contributed by atoms with Crippen LogP contribution < -0.4 is 10.6 Å². The third-order valence-electron chi connectivity index (χ3n) is 3.71. The lowest BCUT2D eigenvalue weighted by molar-refractivity contribution is -0.140. The van der Waals surface area contributed by atoms with Gasteiger partial charge < -0.3 is 20.1 Å². The largest absolute Gasteiger partial charge is 0.363 e. The Labute approximate surface area is 116 Å². The second kappa shape index (κ2) is 6.37. The molecule has 0 amide bonds. The van der Waals surface area contributed by atoms with E-state index in [1.807, 2.05) is 14.0 Å². The van der Waals surface area contributed by atoms with Crippen molar-refractivity contribution in [3.8, 4) is 0 Å². The standard InChI is InChI=1S/C15H26N2O2/c1-11-7-12(2)9-13(8-11)17(4)15(3,10-16)14(18-5)19-6/h7-9,14H,10,16H2,1-6H3. The summed E-state index contributed by atoms with van der Waals surface area (Å²) in [7, 11) is 5.29. The van der Waals surface area contributed by atoms with E-state index in [1.54, 1.807) is 14.2 Å². The van der Waals surface area contributed by atoms with E-state index in [2.05, 4.69) is 36.9 Å². The van der Waals surface area contributed by atoms with Crippen molar-refractivity contribution in [3.63, 3.8) is 0 Å². The van der Waals surface area contributed by atoms with Crippen LogP contribution in [0.4, 0.5) is 5.69 Å². The molecule has 0 heterocycles. The van der Waals surface area contributed by atoms with Crippen LogP contribution in [-0.4, -0.2) is 39.6 Å². The number of methoxy groups -OCH3 is 2. The molecular weight excluding hydrogens is 240 g/mol. The predicted molar refractivity (Wildman–Crippen MR) is 79.6 cm³/mol. The molecule has 0 aromatic heterocycles. The van der Waals surface area contributed by atoms with Crippen molar-refractivity contribution in [1.82, 2.24) is 0 Å². The van der Waals surface area contributed by atoms with Gasteiger partial charge >= 0.3 is 0 Å². The van der Waals surface area contributed by atoms with Gasteiger partial charge in [-0.05, 0) is 44.0 Å². The molecule has 2 N–H and O–H groups in total. The fourth-order valence-electron chi connectivity index (χ4n) is 2.43. The van der Waals surface area contributed by atoms with Crippen molar-refractivity contribution in [2.75, 3.05) is 32.7 Å². The van der Waals surface area contributed by atoms with E-state index in [4.69, 9.17) is 15.2 Å². The highest BCUT2D eigenvalue weighted by Gasteiger charge is 2.38. The van der Waals surface area contributed by atoms with Crippen LogP contribution >= 0.6 is 0 Å². The summed E-state index contributed by atoms with van der Waals surface area (Å²) < 4.78 is 10.8. The molecule has 0 radical (unpaired) electrons. The summed E-state index contributed by atoms with van der Waals surface area (Å²) in [6.45, 7) is 6.66. The van der Waals surface area contributed by atoms with E-state index in [1.165, 1.54) is 11.1 Å². The zero-order chi connectivity index (χ0) is 14.6. The molecule has 0 aliphatic carbocycles. The molecule has 0 spiro atoms. The van der Waals surface area contributed by atoms with Gasteiger partial charge in [0.15, 0.2) is 6.29 Å². The topological polar surface area (TPSA) is 47.7 Å². The first-order valence-corrected chi connectivity index (χ1v) is 6.46. The van der Waals surface area contributed by atoms with Crippen molar-refractivity contribution in [3.05, 3.63) is 29.3 Å². The molecule has 1 atom stereocenters. The van der Waals surface area contributed by atoms with E-state index in [0.29, 0.717) is 6.54 Å². The molecule has 0 saturated heterocycles. The van der Waals surface area contributed by atoms with Crippen LogP contribution in [0, 0.1) is 13.8 Å². The molecule has 0 saturated carbocycles. The molecule has 1 aromatic carbocycles. The van der Waals surface area contributed by atoms with Gasteiger partial charge in [0.1, 0.15) is 0 Å². The third-order valence-corrected chi connectivity index (χ3v) is 3.71. The van der Waals surface area contributed by atoms with Crippen molar-refractivity contribution in [2.24, 2.45) is 5.73 Å². The van der Waals surface area contributed by atoms with E-state index in [9.17, 15) is 0 Å². The minimum Gasteiger partial charge on any atom is -0.363 e. The Morgan fingerprint density at radius 2 is 1.63 bits per heavy atom. The van der Waals surface area contributed by atoms with Gasteiger partial charge in [-0.15, -0.1) is 0 Å². The van der Waals surface area contributed by atoms with Crippen molar-refractivity contribution < 1.29 is 9.47 Å². The van der Waals surface area contributed by atoms with Crippen LogP contribution in [0.25, 0.3) is 0 Å². The fraction of sp³-hybridized carbons (Fsp3) is 0.600. The lowest BCUT2D eigenvalue weighted by Crippen LogP contribution is -2.59. The van der Waals surface area contributed by atoms with E-state index in [0.717, 1.165) is 5.69 Å². The van der Waals surface area contributed by atoms with Crippen LogP contribution in [-0.2, 0) is 9.47 Å². The molecule has 0 bridgehead atoms. The van der Waals surface area contributed by atoms with Gasteiger partial charge in [-0.3, -0.25) is 0 Å². The highest BCUT2D eigenvalue weighted by atomic mass is 16.7. The van der Waals surface area contributed by atoms with Gasteiger partial charge in [-0.2, -0.15) is 0 Å². The summed E-state index contributed by atoms with van der Waals surface area (Å²) in [4.78, 5) is 2.13. The van der Waals surface area contributed by atoms with Crippen molar-refractivity contribution >= 4 is 5.69 Å². The lowest BCUT2D eigenvalue weighted by atomic mass is 9.97. The number of rotatable bonds is 6. The average molecular weight is 266 g/mol. The number of ether oxygens (including phenoxy) is 2. The molecule has 0 fully saturated rings. The number of likely N-dealkylation sites (N-methyl/N-ethyl adjacent to an activating group) is 1. The van der Waals surface area contributed by atoms with Crippen LogP contribution in [0.3, 0.4) is 0 Å². The van der Waals surface area contributed by atoms with Crippen LogP contribution in [0.1, 0.15) is 18.1 Å². The predicted octanol–water partition coefficient (Wildman–Crippen LogP) is 2.08. The minimum atomic E-state index is -0.427. The van der Waals surface area contributed by atoms with E-state index in [-0.39, 0.29) is 6.29 Å². The summed E-state index contributed by atoms with van der Waals surface area (Å²) in [5.74, 6) is 0. The number of hydrogen-bond donors (Lipinski definition) is 1. The van der Waals surface area contributed by atoms with E-state index < -0.39 is 5.54 Å². The summed E-state index contributed by atoms with van der Waals surface area (Å²) in [5, 5.41) is 0. The summed E-state index contributed by atoms with van der Waals surface area (Å²) in [5.41, 5.74) is 9.12. The Hall–Kier alpha value is -1.10. The second-order valence-corrected chi connectivity index (χ2v) is 5.27. The average Bonchev–Trinajstić information content (AvgIpc) is 2.37. The maximum absolute atomic E-state index is 5.97. The molecule has 108 valence electrons. The summed E-state index contributed by atoms with van der Waals surface area (Å²) >= 11 is 0. The van der Waals surface area contributed by atoms with Gasteiger partial charge in [0.25, 0.3) is 0 Å². The molecular formula is C15H26N2O2. The van der Waals surface area contributed by atoms with Gasteiger partial charge in [0.05, 0.1) is 5.54 Å². The van der Waals surface area contributed by atoms with Crippen molar-refractivity contribution in [1.29, 1.82) is 0 Å². The maximum Gasteiger partial charge on any atom is 0.180 e. The second-order valence-electron chi connectivity index (χ2n) is 5.27.